The molecule has 0 atom stereocenters. The van der Waals surface area contributed by atoms with Crippen LogP contribution in [0.4, 0.5) is 4.39 Å². The zero-order chi connectivity index (χ0) is 13.0. The van der Waals surface area contributed by atoms with Gasteiger partial charge in [-0.15, -0.1) is 0 Å². The van der Waals surface area contributed by atoms with Gasteiger partial charge in [0.05, 0.1) is 5.56 Å². The topological polar surface area (TPSA) is 33.0 Å². The number of benzene rings is 2. The van der Waals surface area contributed by atoms with E-state index in [1.54, 1.807) is 36.4 Å². The molecule has 0 heterocycles. The van der Waals surface area contributed by atoms with Crippen LogP contribution in [0.2, 0.25) is 5.02 Å². The van der Waals surface area contributed by atoms with E-state index < -0.39 is 0 Å². The fourth-order valence-electron chi connectivity index (χ4n) is 1.48. The highest BCUT2D eigenvalue weighted by Crippen LogP contribution is 2.24. The number of ether oxygens (including phenoxy) is 1. The molecule has 90 valence electrons. The zero-order valence-corrected chi connectivity index (χ0v) is 10.1. The minimum atomic E-state index is -0.335. The summed E-state index contributed by atoms with van der Waals surface area (Å²) < 4.78 is 18.8. The van der Waals surface area contributed by atoms with Crippen molar-refractivity contribution in [3.63, 3.8) is 0 Å². The Morgan fingerprint density at radius 1 is 1.22 bits per heavy atom. The second-order valence-corrected chi connectivity index (χ2v) is 4.07. The maximum atomic E-state index is 13.4. The largest absolute Gasteiger partial charge is 0.487 e. The van der Waals surface area contributed by atoms with Crippen LogP contribution in [-0.2, 0) is 6.61 Å². The Morgan fingerprint density at radius 3 is 2.72 bits per heavy atom. The predicted octanol–water partition coefficient (Wildman–Crippen LogP) is 3.93. The van der Waals surface area contributed by atoms with Gasteiger partial charge in [-0.05, 0) is 18.2 Å². The first-order valence-corrected chi connectivity index (χ1v) is 5.64. The minimum absolute atomic E-state index is 0.0572. The third-order valence-electron chi connectivity index (χ3n) is 2.41. The SMILES string of the molecule is N#Cc1ccc(Cl)cc1OCc1ccccc1F. The molecule has 0 saturated carbocycles. The summed E-state index contributed by atoms with van der Waals surface area (Å²) in [7, 11) is 0. The summed E-state index contributed by atoms with van der Waals surface area (Å²) in [6.07, 6.45) is 0. The van der Waals surface area contributed by atoms with Gasteiger partial charge in [0.1, 0.15) is 24.2 Å². The second-order valence-electron chi connectivity index (χ2n) is 3.63. The molecule has 0 radical (unpaired) electrons. The molecule has 0 aliphatic rings. The molecule has 0 amide bonds. The summed E-state index contributed by atoms with van der Waals surface area (Å²) >= 11 is 5.82. The van der Waals surface area contributed by atoms with Gasteiger partial charge in [-0.3, -0.25) is 0 Å². The fraction of sp³-hybridized carbons (Fsp3) is 0.0714. The molecule has 4 heteroatoms. The third-order valence-corrected chi connectivity index (χ3v) is 2.64. The van der Waals surface area contributed by atoms with Gasteiger partial charge in [0.25, 0.3) is 0 Å². The average molecular weight is 262 g/mol. The smallest absolute Gasteiger partial charge is 0.139 e. The lowest BCUT2D eigenvalue weighted by Crippen LogP contribution is -1.99. The first-order valence-electron chi connectivity index (χ1n) is 5.26. The van der Waals surface area contributed by atoms with Crippen LogP contribution in [0, 0.1) is 17.1 Å². The molecule has 0 spiro atoms. The number of rotatable bonds is 3. The molecule has 0 aliphatic heterocycles. The summed E-state index contributed by atoms with van der Waals surface area (Å²) in [6, 6.07) is 13.0. The van der Waals surface area contributed by atoms with Gasteiger partial charge in [-0.25, -0.2) is 4.39 Å². The van der Waals surface area contributed by atoms with E-state index in [-0.39, 0.29) is 12.4 Å². The molecule has 0 N–H and O–H groups in total. The summed E-state index contributed by atoms with van der Waals surface area (Å²) in [5.74, 6) is 0.0197. The van der Waals surface area contributed by atoms with E-state index in [1.807, 2.05) is 6.07 Å². The average Bonchev–Trinajstić information content (AvgIpc) is 2.38. The third kappa shape index (κ3) is 2.79. The van der Waals surface area contributed by atoms with Crippen molar-refractivity contribution in [2.75, 3.05) is 0 Å². The Kier molecular flexibility index (Phi) is 3.81. The van der Waals surface area contributed by atoms with E-state index in [0.29, 0.717) is 21.9 Å². The Hall–Kier alpha value is -2.05. The second kappa shape index (κ2) is 5.52. The molecule has 0 bridgehead atoms. The standard InChI is InChI=1S/C14H9ClFNO/c15-12-6-5-10(8-17)14(7-12)18-9-11-3-1-2-4-13(11)16/h1-7H,9H2. The maximum Gasteiger partial charge on any atom is 0.139 e. The molecule has 0 aromatic heterocycles. The van der Waals surface area contributed by atoms with Crippen molar-refractivity contribution in [1.82, 2.24) is 0 Å². The van der Waals surface area contributed by atoms with Crippen molar-refractivity contribution in [2.45, 2.75) is 6.61 Å². The number of hydrogen-bond donors (Lipinski definition) is 0. The van der Waals surface area contributed by atoms with Crippen LogP contribution in [0.15, 0.2) is 42.5 Å². The van der Waals surface area contributed by atoms with E-state index in [4.69, 9.17) is 21.6 Å². The normalized spacial score (nSPS) is 9.83. The van der Waals surface area contributed by atoms with Crippen LogP contribution in [-0.4, -0.2) is 0 Å². The quantitative estimate of drug-likeness (QED) is 0.839. The molecule has 18 heavy (non-hydrogen) atoms. The Labute approximate surface area is 109 Å². The molecule has 0 saturated heterocycles. The first kappa shape index (κ1) is 12.4. The van der Waals surface area contributed by atoms with Crippen LogP contribution in [0.5, 0.6) is 5.75 Å². The fourth-order valence-corrected chi connectivity index (χ4v) is 1.64. The molecule has 2 rings (SSSR count). The van der Waals surface area contributed by atoms with Gasteiger partial charge in [0.2, 0.25) is 0 Å². The van der Waals surface area contributed by atoms with E-state index in [2.05, 4.69) is 0 Å². The first-order chi connectivity index (χ1) is 8.70. The van der Waals surface area contributed by atoms with Gasteiger partial charge in [-0.1, -0.05) is 29.8 Å². The lowest BCUT2D eigenvalue weighted by molar-refractivity contribution is 0.299. The molecule has 0 fully saturated rings. The minimum Gasteiger partial charge on any atom is -0.487 e. The molecule has 2 aromatic carbocycles. The Balaban J connectivity index is 2.18. The van der Waals surface area contributed by atoms with E-state index >= 15 is 0 Å². The van der Waals surface area contributed by atoms with Crippen LogP contribution in [0.3, 0.4) is 0 Å². The van der Waals surface area contributed by atoms with Gasteiger partial charge in [0.15, 0.2) is 0 Å². The Morgan fingerprint density at radius 2 is 2.00 bits per heavy atom. The summed E-state index contributed by atoms with van der Waals surface area (Å²) in [5.41, 5.74) is 0.803. The number of nitrogens with zero attached hydrogens (tertiary/aromatic N) is 1. The molecule has 2 aromatic rings. The van der Waals surface area contributed by atoms with Crippen molar-refractivity contribution in [3.8, 4) is 11.8 Å². The Bertz CT molecular complexity index is 607. The van der Waals surface area contributed by atoms with Crippen molar-refractivity contribution in [2.24, 2.45) is 0 Å². The summed E-state index contributed by atoms with van der Waals surface area (Å²) in [6.45, 7) is 0.0572. The van der Waals surface area contributed by atoms with Gasteiger partial charge >= 0.3 is 0 Å². The van der Waals surface area contributed by atoms with Crippen LogP contribution in [0.1, 0.15) is 11.1 Å². The van der Waals surface area contributed by atoms with Crippen molar-refractivity contribution >= 4 is 11.6 Å². The molecule has 0 aliphatic carbocycles. The maximum absolute atomic E-state index is 13.4. The highest BCUT2D eigenvalue weighted by atomic mass is 35.5. The van der Waals surface area contributed by atoms with E-state index in [1.165, 1.54) is 6.07 Å². The van der Waals surface area contributed by atoms with Crippen LogP contribution < -0.4 is 4.74 Å². The van der Waals surface area contributed by atoms with E-state index in [9.17, 15) is 4.39 Å². The molecular weight excluding hydrogens is 253 g/mol. The number of halogens is 2. The highest BCUT2D eigenvalue weighted by Gasteiger charge is 2.06. The molecular formula is C14H9ClFNO. The van der Waals surface area contributed by atoms with Crippen molar-refractivity contribution < 1.29 is 9.13 Å². The summed E-state index contributed by atoms with van der Waals surface area (Å²) in [5, 5.41) is 9.38. The highest BCUT2D eigenvalue weighted by molar-refractivity contribution is 6.30. The van der Waals surface area contributed by atoms with Crippen molar-refractivity contribution in [3.05, 3.63) is 64.4 Å². The lowest BCUT2D eigenvalue weighted by Gasteiger charge is -2.08. The van der Waals surface area contributed by atoms with Gasteiger partial charge in [0, 0.05) is 16.7 Å². The zero-order valence-electron chi connectivity index (χ0n) is 9.36. The lowest BCUT2D eigenvalue weighted by atomic mass is 10.2. The predicted molar refractivity (Wildman–Crippen MR) is 66.9 cm³/mol. The van der Waals surface area contributed by atoms with Crippen molar-refractivity contribution in [1.29, 1.82) is 5.26 Å². The van der Waals surface area contributed by atoms with Crippen LogP contribution >= 0.6 is 11.6 Å². The monoisotopic (exact) mass is 261 g/mol. The summed E-state index contributed by atoms with van der Waals surface area (Å²) in [4.78, 5) is 0. The molecule has 0 unspecified atom stereocenters. The number of hydrogen-bond acceptors (Lipinski definition) is 2. The van der Waals surface area contributed by atoms with Crippen LogP contribution in [0.25, 0.3) is 0 Å². The van der Waals surface area contributed by atoms with Gasteiger partial charge < -0.3 is 4.74 Å². The molecule has 2 nitrogen and oxygen atoms in total. The van der Waals surface area contributed by atoms with Gasteiger partial charge in [-0.2, -0.15) is 5.26 Å². The van der Waals surface area contributed by atoms with E-state index in [0.717, 1.165) is 0 Å². The number of nitriles is 1.